The molecule has 3 rings (SSSR count). The minimum atomic E-state index is 0.0313. The summed E-state index contributed by atoms with van der Waals surface area (Å²) in [7, 11) is 0. The van der Waals surface area contributed by atoms with E-state index < -0.39 is 0 Å². The number of aromatic nitrogens is 1. The number of anilines is 2. The molecule has 0 saturated carbocycles. The first-order valence-electron chi connectivity index (χ1n) is 8.84. The maximum absolute atomic E-state index is 12.6. The summed E-state index contributed by atoms with van der Waals surface area (Å²) < 4.78 is 0. The van der Waals surface area contributed by atoms with Crippen molar-refractivity contribution in [1.82, 2.24) is 9.88 Å². The molecule has 1 aromatic carbocycles. The van der Waals surface area contributed by atoms with E-state index in [9.17, 15) is 4.79 Å². The van der Waals surface area contributed by atoms with E-state index in [1.807, 2.05) is 18.3 Å². The lowest BCUT2D eigenvalue weighted by molar-refractivity contribution is -0.121. The zero-order valence-electron chi connectivity index (χ0n) is 14.9. The summed E-state index contributed by atoms with van der Waals surface area (Å²) in [5, 5.41) is 3.67. The molecule has 0 aliphatic carbocycles. The monoisotopic (exact) mass is 358 g/mol. The van der Waals surface area contributed by atoms with E-state index in [0.29, 0.717) is 11.0 Å². The predicted octanol–water partition coefficient (Wildman–Crippen LogP) is 3.70. The Labute approximate surface area is 153 Å². The van der Waals surface area contributed by atoms with E-state index in [1.165, 1.54) is 16.9 Å². The quantitative estimate of drug-likeness (QED) is 0.855. The number of nitrogens with two attached hydrogens (primary N) is 1. The first-order valence-corrected chi connectivity index (χ1v) is 9.66. The highest BCUT2D eigenvalue weighted by Crippen LogP contribution is 2.23. The van der Waals surface area contributed by atoms with Gasteiger partial charge in [-0.1, -0.05) is 26.0 Å². The zero-order valence-corrected chi connectivity index (χ0v) is 15.7. The summed E-state index contributed by atoms with van der Waals surface area (Å²) in [6.07, 6.45) is 3.82. The highest BCUT2D eigenvalue weighted by atomic mass is 32.1. The number of hydrogen-bond acceptors (Lipinski definition) is 5. The van der Waals surface area contributed by atoms with Crippen molar-refractivity contribution in [2.24, 2.45) is 5.92 Å². The number of hydrogen-bond donors (Lipinski definition) is 2. The molecule has 25 heavy (non-hydrogen) atoms. The van der Waals surface area contributed by atoms with Crippen LogP contribution < -0.4 is 11.1 Å². The van der Waals surface area contributed by atoms with Gasteiger partial charge < -0.3 is 11.1 Å². The predicted molar refractivity (Wildman–Crippen MR) is 104 cm³/mol. The van der Waals surface area contributed by atoms with Gasteiger partial charge in [-0.05, 0) is 43.0 Å². The number of amides is 1. The Hall–Kier alpha value is -1.92. The fourth-order valence-electron chi connectivity index (χ4n) is 3.22. The molecule has 2 aromatic rings. The molecule has 1 aliphatic heterocycles. The Balaban J connectivity index is 1.56. The third-order valence-electron chi connectivity index (χ3n) is 4.67. The van der Waals surface area contributed by atoms with Crippen LogP contribution in [0.2, 0.25) is 0 Å². The van der Waals surface area contributed by atoms with Crippen LogP contribution >= 0.6 is 11.3 Å². The smallest absolute Gasteiger partial charge is 0.228 e. The number of thiazole rings is 1. The fourth-order valence-corrected chi connectivity index (χ4v) is 3.95. The van der Waals surface area contributed by atoms with Gasteiger partial charge in [0.2, 0.25) is 5.91 Å². The molecule has 6 heteroatoms. The molecule has 1 amide bonds. The summed E-state index contributed by atoms with van der Waals surface area (Å²) in [6, 6.07) is 8.16. The lowest BCUT2D eigenvalue weighted by Gasteiger charge is -2.31. The number of rotatable bonds is 5. The van der Waals surface area contributed by atoms with Crippen LogP contribution in [-0.2, 0) is 11.3 Å². The molecule has 0 bridgehead atoms. The van der Waals surface area contributed by atoms with Gasteiger partial charge in [-0.3, -0.25) is 9.69 Å². The van der Waals surface area contributed by atoms with Crippen LogP contribution in [0.5, 0.6) is 0 Å². The third-order valence-corrected chi connectivity index (χ3v) is 5.48. The van der Waals surface area contributed by atoms with Gasteiger partial charge in [0.1, 0.15) is 0 Å². The van der Waals surface area contributed by atoms with Crippen molar-refractivity contribution < 1.29 is 4.79 Å². The normalized spacial score (nSPS) is 18.4. The molecule has 5 nitrogen and oxygen atoms in total. The van der Waals surface area contributed by atoms with Gasteiger partial charge in [0.15, 0.2) is 5.13 Å². The second kappa shape index (κ2) is 7.97. The van der Waals surface area contributed by atoms with Crippen LogP contribution in [0.4, 0.5) is 10.8 Å². The van der Waals surface area contributed by atoms with Crippen LogP contribution in [0.3, 0.4) is 0 Å². The lowest BCUT2D eigenvalue weighted by Crippen LogP contribution is -2.40. The molecule has 1 unspecified atom stereocenters. The fraction of sp³-hybridized carbons (Fsp3) is 0.474. The number of benzene rings is 1. The molecule has 1 aliphatic rings. The number of carbonyl (C=O) groups is 1. The number of carbonyl (C=O) groups excluding carboxylic acids is 1. The maximum atomic E-state index is 12.6. The zero-order chi connectivity index (χ0) is 17.8. The second-order valence-corrected chi connectivity index (χ2v) is 8.15. The molecular formula is C19H26N4OS. The molecular weight excluding hydrogens is 332 g/mol. The van der Waals surface area contributed by atoms with Crippen LogP contribution in [0.1, 0.15) is 43.0 Å². The van der Waals surface area contributed by atoms with Crippen LogP contribution in [0, 0.1) is 5.92 Å². The number of nitrogen functional groups attached to an aromatic ring is 1. The van der Waals surface area contributed by atoms with Crippen molar-refractivity contribution in [3.05, 3.63) is 40.9 Å². The highest BCUT2D eigenvalue weighted by molar-refractivity contribution is 7.15. The van der Waals surface area contributed by atoms with E-state index >= 15 is 0 Å². The highest BCUT2D eigenvalue weighted by Gasteiger charge is 2.26. The van der Waals surface area contributed by atoms with Gasteiger partial charge in [0, 0.05) is 29.9 Å². The molecule has 0 radical (unpaired) electrons. The lowest BCUT2D eigenvalue weighted by atomic mass is 9.97. The van der Waals surface area contributed by atoms with Gasteiger partial charge >= 0.3 is 0 Å². The van der Waals surface area contributed by atoms with Crippen molar-refractivity contribution in [2.45, 2.75) is 39.2 Å². The minimum Gasteiger partial charge on any atom is -0.375 e. The van der Waals surface area contributed by atoms with Crippen LogP contribution in [0.15, 0.2) is 30.5 Å². The van der Waals surface area contributed by atoms with Gasteiger partial charge in [-0.25, -0.2) is 4.98 Å². The summed E-state index contributed by atoms with van der Waals surface area (Å²) in [6.45, 7) is 6.96. The van der Waals surface area contributed by atoms with Crippen molar-refractivity contribution in [1.29, 1.82) is 0 Å². The van der Waals surface area contributed by atoms with Crippen molar-refractivity contribution >= 4 is 28.1 Å². The van der Waals surface area contributed by atoms with E-state index in [1.54, 1.807) is 0 Å². The first kappa shape index (κ1) is 17.9. The summed E-state index contributed by atoms with van der Waals surface area (Å²) in [5.41, 5.74) is 7.86. The Morgan fingerprint density at radius 2 is 2.16 bits per heavy atom. The number of piperidine rings is 1. The Kier molecular flexibility index (Phi) is 5.71. The number of nitrogens with zero attached hydrogens (tertiary/aromatic N) is 2. The first-order chi connectivity index (χ1) is 12.0. The van der Waals surface area contributed by atoms with E-state index in [0.717, 1.165) is 43.0 Å². The average molecular weight is 359 g/mol. The largest absolute Gasteiger partial charge is 0.375 e. The maximum Gasteiger partial charge on any atom is 0.228 e. The second-order valence-electron chi connectivity index (χ2n) is 7.01. The molecule has 0 spiro atoms. The summed E-state index contributed by atoms with van der Waals surface area (Å²) >= 11 is 1.52. The molecule has 1 atom stereocenters. The SMILES string of the molecule is CC(C)c1ccc(NC(=O)C2CCCN(Cc3cnc(N)s3)C2)cc1. The van der Waals surface area contributed by atoms with Gasteiger partial charge in [-0.15, -0.1) is 11.3 Å². The van der Waals surface area contributed by atoms with Crippen molar-refractivity contribution in [3.63, 3.8) is 0 Å². The summed E-state index contributed by atoms with van der Waals surface area (Å²) in [4.78, 5) is 20.2. The molecule has 2 heterocycles. The van der Waals surface area contributed by atoms with E-state index in [4.69, 9.17) is 5.73 Å². The molecule has 1 aromatic heterocycles. The molecule has 1 fully saturated rings. The number of likely N-dealkylation sites (tertiary alicyclic amines) is 1. The topological polar surface area (TPSA) is 71.2 Å². The van der Waals surface area contributed by atoms with Crippen LogP contribution in [0.25, 0.3) is 0 Å². The Bertz CT molecular complexity index is 710. The van der Waals surface area contributed by atoms with Crippen molar-refractivity contribution in [3.8, 4) is 0 Å². The van der Waals surface area contributed by atoms with Gasteiger partial charge in [0.25, 0.3) is 0 Å². The van der Waals surface area contributed by atoms with E-state index in [-0.39, 0.29) is 11.8 Å². The average Bonchev–Trinajstić information content (AvgIpc) is 3.00. The van der Waals surface area contributed by atoms with E-state index in [2.05, 4.69) is 41.2 Å². The minimum absolute atomic E-state index is 0.0313. The summed E-state index contributed by atoms with van der Waals surface area (Å²) in [5.74, 6) is 0.645. The van der Waals surface area contributed by atoms with Gasteiger partial charge in [0.05, 0.1) is 5.92 Å². The Morgan fingerprint density at radius 3 is 2.80 bits per heavy atom. The molecule has 1 saturated heterocycles. The standard InChI is InChI=1S/C19H26N4OS/c1-13(2)14-5-7-16(8-6-14)22-18(24)15-4-3-9-23(11-15)12-17-10-21-19(20)25-17/h5-8,10,13,15H,3-4,9,11-12H2,1-2H3,(H2,20,21)(H,22,24). The molecule has 134 valence electrons. The van der Waals surface area contributed by atoms with Gasteiger partial charge in [-0.2, -0.15) is 0 Å². The van der Waals surface area contributed by atoms with Crippen LogP contribution in [-0.4, -0.2) is 28.9 Å². The van der Waals surface area contributed by atoms with Crippen molar-refractivity contribution in [2.75, 3.05) is 24.1 Å². The Morgan fingerprint density at radius 1 is 1.40 bits per heavy atom. The number of nitrogens with one attached hydrogen (secondary N) is 1. The third kappa shape index (κ3) is 4.80. The molecule has 3 N–H and O–H groups in total.